The first-order valence-corrected chi connectivity index (χ1v) is 55.3. The molecule has 0 spiro atoms. The van der Waals surface area contributed by atoms with Crippen LogP contribution in [-0.4, -0.2) is 115 Å². The zero-order chi connectivity index (χ0) is 107. The summed E-state index contributed by atoms with van der Waals surface area (Å²) >= 11 is 0. The fourth-order valence-corrected chi connectivity index (χ4v) is 16.1. The Bertz CT molecular complexity index is 4670. The predicted molar refractivity (Wildman–Crippen MR) is 607 cm³/mol. The molecule has 4 atom stereocenters. The second-order valence-electron chi connectivity index (χ2n) is 46.1. The second-order valence-corrected chi connectivity index (χ2v) is 46.1. The summed E-state index contributed by atoms with van der Waals surface area (Å²) < 4.78 is 26.1. The van der Waals surface area contributed by atoms with Gasteiger partial charge >= 0.3 is 0 Å². The van der Waals surface area contributed by atoms with Crippen molar-refractivity contribution in [1.29, 1.82) is 0 Å². The van der Waals surface area contributed by atoms with Crippen LogP contribution in [0.3, 0.4) is 0 Å². The lowest BCUT2D eigenvalue weighted by Crippen LogP contribution is -2.29. The SMILES string of the molecule is CC(C)C(C)Cn1ccnc1.CC(C)C(Cn1ccnc1)C(C)(C)C.CC(C)C(Cn1ccnc1)C(C)C.CC(C)CC(C)n1ccnc1.CC(C)CCC(C)n1ccnc1.CC(C)CCCCn1ccnc1.CC(C)CCCn1ccnc1C(C)C.CC(C)CCn1ccnc1.CC(C)Cc1nccn1C.CCc1nccn1CCCC(C)C.Cc1nccn1CCC(C)C.Cc1nccn1CCCC(C)C. The fraction of sp³-hybridized carbons (Fsp3) is 0.697. The highest BCUT2D eigenvalue weighted by atomic mass is 15.1. The van der Waals surface area contributed by atoms with E-state index in [1.54, 1.807) is 0 Å². The maximum absolute atomic E-state index is 4.38. The quantitative estimate of drug-likeness (QED) is 0.0326. The third kappa shape index (κ3) is 65.6. The number of unbranched alkanes of at least 4 members (excludes halogenated alkanes) is 1. The molecule has 12 heterocycles. The van der Waals surface area contributed by atoms with Gasteiger partial charge in [0.2, 0.25) is 0 Å². The summed E-state index contributed by atoms with van der Waals surface area (Å²) in [6, 6.07) is 1.17. The van der Waals surface area contributed by atoms with Crippen molar-refractivity contribution in [1.82, 2.24) is 115 Å². The van der Waals surface area contributed by atoms with Gasteiger partial charge in [0.25, 0.3) is 0 Å². The lowest BCUT2D eigenvalue weighted by Gasteiger charge is -2.34. The molecule has 0 bridgehead atoms. The van der Waals surface area contributed by atoms with Crippen molar-refractivity contribution < 1.29 is 0 Å². The molecule has 0 fully saturated rings. The normalized spacial score (nSPS) is 12.1. The van der Waals surface area contributed by atoms with Crippen molar-refractivity contribution in [3.8, 4) is 0 Å². The molecule has 810 valence electrons. The molecule has 12 rings (SSSR count). The maximum Gasteiger partial charge on any atom is 0.111 e. The zero-order valence-electron chi connectivity index (χ0n) is 98.3. The molecule has 4 unspecified atom stereocenters. The minimum Gasteiger partial charge on any atom is -0.338 e. The molecule has 0 radical (unpaired) electrons. The van der Waals surface area contributed by atoms with Crippen molar-refractivity contribution in [3.63, 3.8) is 0 Å². The number of aromatic nitrogens is 24. The van der Waals surface area contributed by atoms with E-state index in [1.807, 2.05) is 188 Å². The third-order valence-electron chi connectivity index (χ3n) is 25.6. The molecule has 0 saturated heterocycles. The van der Waals surface area contributed by atoms with Crippen molar-refractivity contribution in [2.75, 3.05) is 0 Å². The van der Waals surface area contributed by atoms with Gasteiger partial charge in [0.15, 0.2) is 0 Å². The van der Waals surface area contributed by atoms with Crippen LogP contribution in [0.4, 0.5) is 0 Å². The summed E-state index contributed by atoms with van der Waals surface area (Å²) in [6.07, 6.45) is 79.8. The number of hydrogen-bond donors (Lipinski definition) is 0. The topological polar surface area (TPSA) is 214 Å². The third-order valence-corrected chi connectivity index (χ3v) is 25.6. The van der Waals surface area contributed by atoms with Crippen molar-refractivity contribution in [3.05, 3.63) is 222 Å². The van der Waals surface area contributed by atoms with E-state index in [9.17, 15) is 0 Å². The lowest BCUT2D eigenvalue weighted by atomic mass is 9.74. The van der Waals surface area contributed by atoms with E-state index in [2.05, 4.69) is 382 Å². The van der Waals surface area contributed by atoms with Gasteiger partial charge in [-0.25, -0.2) is 59.8 Å². The molecule has 12 aromatic rings. The lowest BCUT2D eigenvalue weighted by molar-refractivity contribution is 0.154. The van der Waals surface area contributed by atoms with Gasteiger partial charge < -0.3 is 54.8 Å². The Morgan fingerprint density at radius 3 is 1.03 bits per heavy atom. The molecule has 0 saturated carbocycles. The largest absolute Gasteiger partial charge is 0.338 e. The first kappa shape index (κ1) is 132. The zero-order valence-corrected chi connectivity index (χ0v) is 98.3. The highest BCUT2D eigenvalue weighted by Crippen LogP contribution is 2.33. The number of imidazole rings is 12. The Labute approximate surface area is 874 Å². The van der Waals surface area contributed by atoms with Gasteiger partial charge in [0.1, 0.15) is 29.1 Å². The monoisotopic (exact) mass is 1980 g/mol. The van der Waals surface area contributed by atoms with Gasteiger partial charge in [-0.2, -0.15) is 0 Å². The summed E-state index contributed by atoms with van der Waals surface area (Å²) in [4.78, 5) is 49.4. The molecule has 0 aliphatic rings. The van der Waals surface area contributed by atoms with E-state index >= 15 is 0 Å². The molecule has 0 amide bonds. The Balaban J connectivity index is 0.000000781. The van der Waals surface area contributed by atoms with E-state index in [0.29, 0.717) is 41.2 Å². The number of rotatable bonds is 44. The van der Waals surface area contributed by atoms with Crippen LogP contribution in [0, 0.1) is 114 Å². The van der Waals surface area contributed by atoms with E-state index in [0.717, 1.165) is 160 Å². The number of aryl methyl sites for hydroxylation is 10. The highest BCUT2D eigenvalue weighted by molar-refractivity contribution is 4.98. The number of nitrogens with zero attached hydrogens (tertiary/aromatic N) is 24. The second kappa shape index (κ2) is 77.0. The summed E-state index contributed by atoms with van der Waals surface area (Å²) in [6.45, 7) is 93.0. The first-order valence-electron chi connectivity index (χ1n) is 55.3. The molecule has 0 aliphatic carbocycles. The summed E-state index contributed by atoms with van der Waals surface area (Å²) in [5.41, 5.74) is 0.360. The Morgan fingerprint density at radius 2 is 0.650 bits per heavy atom. The molecule has 0 N–H and O–H groups in total. The van der Waals surface area contributed by atoms with Crippen LogP contribution in [0.1, 0.15) is 379 Å². The molecule has 0 aromatic carbocycles. The van der Waals surface area contributed by atoms with Crippen LogP contribution < -0.4 is 0 Å². The van der Waals surface area contributed by atoms with E-state index in [4.69, 9.17) is 0 Å². The van der Waals surface area contributed by atoms with E-state index < -0.39 is 0 Å². The van der Waals surface area contributed by atoms with E-state index in [1.165, 1.54) is 107 Å². The van der Waals surface area contributed by atoms with Gasteiger partial charge in [0, 0.05) is 246 Å². The summed E-state index contributed by atoms with van der Waals surface area (Å²) in [5, 5.41) is 0. The van der Waals surface area contributed by atoms with Gasteiger partial charge in [-0.3, -0.25) is 0 Å². The van der Waals surface area contributed by atoms with Crippen LogP contribution in [0.25, 0.3) is 0 Å². The van der Waals surface area contributed by atoms with Gasteiger partial charge in [-0.15, -0.1) is 0 Å². The minimum atomic E-state index is 0.360. The van der Waals surface area contributed by atoms with Crippen LogP contribution in [0.2, 0.25) is 0 Å². The Hall–Kier alpha value is -9.48. The first-order chi connectivity index (χ1) is 67.6. The Morgan fingerprint density at radius 1 is 0.280 bits per heavy atom. The van der Waals surface area contributed by atoms with Crippen molar-refractivity contribution in [2.45, 2.75) is 436 Å². The van der Waals surface area contributed by atoms with Gasteiger partial charge in [-0.05, 0) is 205 Å². The van der Waals surface area contributed by atoms with Crippen molar-refractivity contribution >= 4 is 0 Å². The number of hydrogen-bond acceptors (Lipinski definition) is 12. The molecule has 24 nitrogen and oxygen atoms in total. The smallest absolute Gasteiger partial charge is 0.111 e. The average molecular weight is 1980 g/mol. The van der Waals surface area contributed by atoms with Crippen LogP contribution in [-0.2, 0) is 78.8 Å². The molecular formula is C119H214N24. The maximum atomic E-state index is 4.38. The Kier molecular flexibility index (Phi) is 70.8. The van der Waals surface area contributed by atoms with E-state index in [-0.39, 0.29) is 0 Å². The minimum absolute atomic E-state index is 0.360. The van der Waals surface area contributed by atoms with Crippen LogP contribution in [0.15, 0.2) is 193 Å². The summed E-state index contributed by atoms with van der Waals surface area (Å²) in [5.74, 6) is 18.6. The molecule has 24 heteroatoms. The average Bonchev–Trinajstić information content (AvgIpc) is 1.85. The molecule has 12 aromatic heterocycles. The van der Waals surface area contributed by atoms with Gasteiger partial charge in [0.05, 0.1) is 44.3 Å². The summed E-state index contributed by atoms with van der Waals surface area (Å²) in [7, 11) is 2.03. The van der Waals surface area contributed by atoms with Crippen LogP contribution in [0.5, 0.6) is 0 Å². The van der Waals surface area contributed by atoms with Gasteiger partial charge in [-0.1, -0.05) is 241 Å². The standard InChI is InChI=1S/2C12H22N2.2C11H20N2.3C10H18N2.3C9H16N2.2C8H14N2/c1-10(2)11(12(3,4)5)8-14-7-6-13-9-14;1-10(2)6-5-8-14-9-7-13-12(14)11(3)4;1-9(2)11(10(3)4)7-13-6-5-12-8-13;1-4-11-12-7-9-13(11)8-5-6-10(2)3;1-9(2)4-5-10(3)12-7-6-11-8-12;1-9(2)5-4-7-12-8-6-11-10(12)3;1-10(2)5-3-4-7-12-8-6-11-9-12;1-8(2)4-6-11-7-5-10-9(11)3;1-8(2)9(3)6-11-5-4-10-7-11;1-8(2)6-9(3)11-5-4-10-7-11;1-7(2)6-8-9-4-5-10(8)3;1-8(2)3-5-10-6-4-9-7-10/h6-7,9-11H,8H2,1-5H3;7,9-11H,5-6,8H2,1-4H3;5-6,8-11H,7H2,1-4H3;7,9-10H,4-6,8H2,1-3H3;6-10H,4-5H2,1-3H3;6,8-9H,4-5,7H2,1-3H3;6,8-10H,3-5,7H2,1-2H3;5,7-8H,4,6H2,1-3H3;2*4-5,7-9H,6H2,1-3H3;4-5,7H,6H2,1-3H3;4,6-8H,3,5H2,1-2H3. The molecule has 0 aliphatic heterocycles. The predicted octanol–water partition coefficient (Wildman–Crippen LogP) is 31.0. The molecule has 143 heavy (non-hydrogen) atoms. The highest BCUT2D eigenvalue weighted by Gasteiger charge is 2.28. The fourth-order valence-electron chi connectivity index (χ4n) is 16.1. The van der Waals surface area contributed by atoms with Crippen LogP contribution >= 0.6 is 0 Å². The van der Waals surface area contributed by atoms with Crippen molar-refractivity contribution in [2.24, 2.45) is 107 Å². The molecular weight excluding hydrogens is 1770 g/mol.